The summed E-state index contributed by atoms with van der Waals surface area (Å²) in [7, 11) is 0. The number of pyridine rings is 1. The maximum atomic E-state index is 6.27. The third kappa shape index (κ3) is 5.16. The molecule has 2 aromatic carbocycles. The molecule has 0 spiro atoms. The molecule has 1 saturated carbocycles. The SMILES string of the molecule is CC(C)(C)c1ccc(CNC2CCC(Oc3ccc4cnccc4c3)CC2)cc1. The first kappa shape index (κ1) is 19.9. The highest BCUT2D eigenvalue weighted by Gasteiger charge is 2.22. The highest BCUT2D eigenvalue weighted by atomic mass is 16.5. The minimum Gasteiger partial charge on any atom is -0.490 e. The number of aromatic nitrogens is 1. The minimum absolute atomic E-state index is 0.215. The lowest BCUT2D eigenvalue weighted by atomic mass is 9.86. The summed E-state index contributed by atoms with van der Waals surface area (Å²) in [6.07, 6.45) is 8.60. The van der Waals surface area contributed by atoms with Gasteiger partial charge in [-0.15, -0.1) is 0 Å². The average Bonchev–Trinajstić information content (AvgIpc) is 2.73. The molecule has 3 aromatic rings. The lowest BCUT2D eigenvalue weighted by molar-refractivity contribution is 0.139. The van der Waals surface area contributed by atoms with Crippen molar-refractivity contribution in [3.63, 3.8) is 0 Å². The van der Waals surface area contributed by atoms with Crippen molar-refractivity contribution in [3.05, 3.63) is 72.1 Å². The lowest BCUT2D eigenvalue weighted by Crippen LogP contribution is -2.35. The predicted molar refractivity (Wildman–Crippen MR) is 120 cm³/mol. The Kier molecular flexibility index (Phi) is 5.86. The van der Waals surface area contributed by atoms with E-state index in [9.17, 15) is 0 Å². The van der Waals surface area contributed by atoms with E-state index in [1.165, 1.54) is 29.4 Å². The van der Waals surface area contributed by atoms with Crippen molar-refractivity contribution in [1.82, 2.24) is 10.3 Å². The molecule has 0 radical (unpaired) electrons. The molecule has 0 amide bonds. The zero-order valence-electron chi connectivity index (χ0n) is 17.8. The zero-order chi connectivity index (χ0) is 20.3. The molecule has 0 saturated heterocycles. The summed E-state index contributed by atoms with van der Waals surface area (Å²) in [5.41, 5.74) is 2.97. The second-order valence-electron chi connectivity index (χ2n) is 9.30. The van der Waals surface area contributed by atoms with Gasteiger partial charge in [-0.2, -0.15) is 0 Å². The summed E-state index contributed by atoms with van der Waals surface area (Å²) in [5, 5.41) is 6.08. The lowest BCUT2D eigenvalue weighted by Gasteiger charge is -2.30. The van der Waals surface area contributed by atoms with Crippen molar-refractivity contribution < 1.29 is 4.74 Å². The van der Waals surface area contributed by atoms with Crippen LogP contribution in [0.4, 0.5) is 0 Å². The summed E-state index contributed by atoms with van der Waals surface area (Å²) in [6, 6.07) is 18.0. The van der Waals surface area contributed by atoms with Crippen molar-refractivity contribution in [2.24, 2.45) is 0 Å². The topological polar surface area (TPSA) is 34.1 Å². The Morgan fingerprint density at radius 2 is 1.69 bits per heavy atom. The van der Waals surface area contributed by atoms with Gasteiger partial charge in [0.15, 0.2) is 0 Å². The Balaban J connectivity index is 1.25. The summed E-state index contributed by atoms with van der Waals surface area (Å²) in [6.45, 7) is 7.72. The van der Waals surface area contributed by atoms with Crippen molar-refractivity contribution in [3.8, 4) is 5.75 Å². The van der Waals surface area contributed by atoms with Gasteiger partial charge in [0, 0.05) is 30.4 Å². The van der Waals surface area contributed by atoms with Gasteiger partial charge in [-0.25, -0.2) is 0 Å². The van der Waals surface area contributed by atoms with Crippen molar-refractivity contribution in [1.29, 1.82) is 0 Å². The molecule has 0 aliphatic heterocycles. The van der Waals surface area contributed by atoms with E-state index in [1.54, 1.807) is 0 Å². The molecule has 1 aliphatic carbocycles. The average molecular weight is 389 g/mol. The molecule has 1 fully saturated rings. The van der Waals surface area contributed by atoms with E-state index < -0.39 is 0 Å². The van der Waals surface area contributed by atoms with Crippen LogP contribution in [0.5, 0.6) is 5.75 Å². The Hall–Kier alpha value is -2.39. The first-order valence-electron chi connectivity index (χ1n) is 10.8. The van der Waals surface area contributed by atoms with Gasteiger partial charge < -0.3 is 10.1 Å². The highest BCUT2D eigenvalue weighted by Crippen LogP contribution is 2.27. The number of hydrogen-bond donors (Lipinski definition) is 1. The number of ether oxygens (including phenoxy) is 1. The summed E-state index contributed by atoms with van der Waals surface area (Å²) in [5.74, 6) is 0.971. The van der Waals surface area contributed by atoms with Crippen LogP contribution in [0.15, 0.2) is 60.9 Å². The van der Waals surface area contributed by atoms with Gasteiger partial charge in [-0.3, -0.25) is 4.98 Å². The number of nitrogens with zero attached hydrogens (tertiary/aromatic N) is 1. The summed E-state index contributed by atoms with van der Waals surface area (Å²) in [4.78, 5) is 4.17. The second-order valence-corrected chi connectivity index (χ2v) is 9.30. The van der Waals surface area contributed by atoms with E-state index in [0.717, 1.165) is 30.5 Å². The number of benzene rings is 2. The van der Waals surface area contributed by atoms with Crippen molar-refractivity contribution in [2.45, 2.75) is 70.6 Å². The van der Waals surface area contributed by atoms with E-state index in [0.29, 0.717) is 12.1 Å². The van der Waals surface area contributed by atoms with Crippen LogP contribution in [0.3, 0.4) is 0 Å². The smallest absolute Gasteiger partial charge is 0.120 e. The van der Waals surface area contributed by atoms with Gasteiger partial charge in [-0.1, -0.05) is 45.0 Å². The Morgan fingerprint density at radius 1 is 0.931 bits per heavy atom. The molecular formula is C26H32N2O. The van der Waals surface area contributed by atoms with E-state index in [4.69, 9.17) is 4.74 Å². The highest BCUT2D eigenvalue weighted by molar-refractivity contribution is 5.82. The maximum absolute atomic E-state index is 6.27. The fourth-order valence-electron chi connectivity index (χ4n) is 4.10. The molecule has 29 heavy (non-hydrogen) atoms. The standard InChI is InChI=1S/C26H32N2O/c1-26(2,3)22-7-4-19(5-8-22)17-28-23-9-12-24(13-10-23)29-25-11-6-21-18-27-15-14-20(21)16-25/h4-8,11,14-16,18,23-24,28H,9-10,12-13,17H2,1-3H3. The molecule has 1 aliphatic rings. The minimum atomic E-state index is 0.215. The monoisotopic (exact) mass is 388 g/mol. The number of nitrogens with one attached hydrogen (secondary N) is 1. The van der Waals surface area contributed by atoms with Gasteiger partial charge >= 0.3 is 0 Å². The van der Waals surface area contributed by atoms with Crippen LogP contribution >= 0.6 is 0 Å². The third-order valence-electron chi connectivity index (χ3n) is 6.00. The first-order valence-corrected chi connectivity index (χ1v) is 10.8. The molecule has 0 atom stereocenters. The van der Waals surface area contributed by atoms with E-state index in [-0.39, 0.29) is 5.41 Å². The fraction of sp³-hybridized carbons (Fsp3) is 0.423. The van der Waals surface area contributed by atoms with E-state index >= 15 is 0 Å². The third-order valence-corrected chi connectivity index (χ3v) is 6.00. The van der Waals surface area contributed by atoms with Crippen LogP contribution in [0, 0.1) is 0 Å². The Bertz CT molecular complexity index is 935. The summed E-state index contributed by atoms with van der Waals surface area (Å²) >= 11 is 0. The maximum Gasteiger partial charge on any atom is 0.120 e. The Labute approximate surface area is 174 Å². The van der Waals surface area contributed by atoms with Gasteiger partial charge in [-0.05, 0) is 71.9 Å². The van der Waals surface area contributed by atoms with Crippen LogP contribution in [0.25, 0.3) is 10.8 Å². The fourth-order valence-corrected chi connectivity index (χ4v) is 4.10. The number of hydrogen-bond acceptors (Lipinski definition) is 3. The van der Waals surface area contributed by atoms with E-state index in [1.807, 2.05) is 18.5 Å². The van der Waals surface area contributed by atoms with Crippen molar-refractivity contribution >= 4 is 10.8 Å². The molecule has 4 rings (SSSR count). The number of fused-ring (bicyclic) bond motifs is 1. The predicted octanol–water partition coefficient (Wildman–Crippen LogP) is 6.01. The summed E-state index contributed by atoms with van der Waals surface area (Å²) < 4.78 is 6.27. The largest absolute Gasteiger partial charge is 0.490 e. The molecule has 0 bridgehead atoms. The molecule has 3 nitrogen and oxygen atoms in total. The van der Waals surface area contributed by atoms with Crippen molar-refractivity contribution in [2.75, 3.05) is 0 Å². The van der Waals surface area contributed by atoms with E-state index in [2.05, 4.69) is 73.5 Å². The van der Waals surface area contributed by atoms with Gasteiger partial charge in [0.05, 0.1) is 6.10 Å². The molecule has 1 aromatic heterocycles. The molecule has 152 valence electrons. The quantitative estimate of drug-likeness (QED) is 0.581. The van der Waals surface area contributed by atoms with Gasteiger partial charge in [0.25, 0.3) is 0 Å². The van der Waals surface area contributed by atoms with Crippen LogP contribution < -0.4 is 10.1 Å². The number of rotatable bonds is 5. The molecule has 0 unspecified atom stereocenters. The van der Waals surface area contributed by atoms with Crippen LogP contribution in [0.1, 0.15) is 57.6 Å². The normalized spacial score (nSPS) is 20.0. The Morgan fingerprint density at radius 3 is 2.41 bits per heavy atom. The van der Waals surface area contributed by atoms with Crippen LogP contribution in [-0.4, -0.2) is 17.1 Å². The first-order chi connectivity index (χ1) is 14.0. The molecular weight excluding hydrogens is 356 g/mol. The van der Waals surface area contributed by atoms with Crippen LogP contribution in [-0.2, 0) is 12.0 Å². The van der Waals surface area contributed by atoms with Gasteiger partial charge in [0.2, 0.25) is 0 Å². The molecule has 1 N–H and O–H groups in total. The molecule has 1 heterocycles. The van der Waals surface area contributed by atoms with Crippen LogP contribution in [0.2, 0.25) is 0 Å². The molecule has 3 heteroatoms. The second kappa shape index (κ2) is 8.54. The van der Waals surface area contributed by atoms with Gasteiger partial charge in [0.1, 0.15) is 5.75 Å². The zero-order valence-corrected chi connectivity index (χ0v) is 17.8.